The fraction of sp³-hybridized carbons (Fsp3) is 0.556. The summed E-state index contributed by atoms with van der Waals surface area (Å²) in [4.78, 5) is 0. The third-order valence-corrected chi connectivity index (χ3v) is 2.29. The van der Waals surface area contributed by atoms with E-state index in [2.05, 4.69) is 18.2 Å². The second-order valence-corrected chi connectivity index (χ2v) is 3.19. The summed E-state index contributed by atoms with van der Waals surface area (Å²) in [6.45, 7) is 0. The molecule has 0 radical (unpaired) electrons. The minimum absolute atomic E-state index is 0.467. The van der Waals surface area contributed by atoms with Crippen molar-refractivity contribution < 1.29 is 0 Å². The van der Waals surface area contributed by atoms with Crippen LogP contribution in [0.25, 0.3) is 0 Å². The molecular formula is C9H13N. The highest BCUT2D eigenvalue weighted by Crippen LogP contribution is 2.37. The van der Waals surface area contributed by atoms with Gasteiger partial charge in [0.2, 0.25) is 0 Å². The Labute approximate surface area is 61.6 Å². The van der Waals surface area contributed by atoms with Gasteiger partial charge in [-0.05, 0) is 24.8 Å². The number of hydrogen-bond donors (Lipinski definition) is 1. The molecule has 2 atom stereocenters. The number of nitrogens with two attached hydrogens (primary N) is 1. The fourth-order valence-electron chi connectivity index (χ4n) is 1.51. The second kappa shape index (κ2) is 2.24. The van der Waals surface area contributed by atoms with Crippen molar-refractivity contribution in [1.82, 2.24) is 0 Å². The molecule has 0 aliphatic heterocycles. The molecule has 2 aliphatic rings. The molecule has 0 aromatic rings. The SMILES string of the molecule is NC1CC1C1=CCCC=C1. The predicted molar refractivity (Wildman–Crippen MR) is 42.5 cm³/mol. The average molecular weight is 135 g/mol. The van der Waals surface area contributed by atoms with Crippen molar-refractivity contribution in [3.63, 3.8) is 0 Å². The van der Waals surface area contributed by atoms with Gasteiger partial charge in [0, 0.05) is 12.0 Å². The standard InChI is InChI=1S/C9H13N/c10-9-6-8(9)7-4-2-1-3-5-7/h2,4-5,8-9H,1,3,6,10H2. The van der Waals surface area contributed by atoms with Gasteiger partial charge in [-0.25, -0.2) is 0 Å². The lowest BCUT2D eigenvalue weighted by atomic mass is 10.0. The number of rotatable bonds is 1. The van der Waals surface area contributed by atoms with Gasteiger partial charge in [-0.15, -0.1) is 0 Å². The molecule has 2 N–H and O–H groups in total. The summed E-state index contributed by atoms with van der Waals surface area (Å²) in [6, 6.07) is 0.467. The Balaban J connectivity index is 2.04. The Morgan fingerprint density at radius 3 is 2.70 bits per heavy atom. The summed E-state index contributed by atoms with van der Waals surface area (Å²) in [6.07, 6.45) is 10.5. The highest BCUT2D eigenvalue weighted by Gasteiger charge is 2.35. The molecular weight excluding hydrogens is 122 g/mol. The van der Waals surface area contributed by atoms with Crippen LogP contribution in [0.3, 0.4) is 0 Å². The van der Waals surface area contributed by atoms with Gasteiger partial charge in [-0.2, -0.15) is 0 Å². The number of allylic oxidation sites excluding steroid dienone is 3. The normalized spacial score (nSPS) is 37.5. The molecule has 2 aliphatic carbocycles. The van der Waals surface area contributed by atoms with Gasteiger partial charge >= 0.3 is 0 Å². The maximum Gasteiger partial charge on any atom is 0.0115 e. The molecule has 0 saturated heterocycles. The molecule has 0 heterocycles. The third-order valence-electron chi connectivity index (χ3n) is 2.29. The fourth-order valence-corrected chi connectivity index (χ4v) is 1.51. The Bertz CT molecular complexity index is 191. The van der Waals surface area contributed by atoms with Crippen LogP contribution in [0.2, 0.25) is 0 Å². The summed E-state index contributed by atoms with van der Waals surface area (Å²) in [7, 11) is 0. The van der Waals surface area contributed by atoms with Crippen LogP contribution in [0, 0.1) is 5.92 Å². The molecule has 0 aromatic heterocycles. The molecule has 0 spiro atoms. The summed E-state index contributed by atoms with van der Waals surface area (Å²) in [5, 5.41) is 0. The average Bonchev–Trinajstić information content (AvgIpc) is 2.69. The smallest absolute Gasteiger partial charge is 0.0115 e. The second-order valence-electron chi connectivity index (χ2n) is 3.19. The third kappa shape index (κ3) is 1.01. The molecule has 54 valence electrons. The van der Waals surface area contributed by atoms with Crippen LogP contribution in [0.4, 0.5) is 0 Å². The van der Waals surface area contributed by atoms with E-state index in [1.165, 1.54) is 24.8 Å². The van der Waals surface area contributed by atoms with E-state index in [0.29, 0.717) is 12.0 Å². The lowest BCUT2D eigenvalue weighted by Gasteiger charge is -2.03. The largest absolute Gasteiger partial charge is 0.327 e. The maximum absolute atomic E-state index is 5.72. The molecule has 2 unspecified atom stereocenters. The van der Waals surface area contributed by atoms with Gasteiger partial charge in [-0.3, -0.25) is 0 Å². The van der Waals surface area contributed by atoms with E-state index in [4.69, 9.17) is 5.73 Å². The quantitative estimate of drug-likeness (QED) is 0.580. The van der Waals surface area contributed by atoms with Gasteiger partial charge in [0.25, 0.3) is 0 Å². The van der Waals surface area contributed by atoms with Gasteiger partial charge < -0.3 is 5.73 Å². The molecule has 1 nitrogen and oxygen atoms in total. The summed E-state index contributed by atoms with van der Waals surface area (Å²) >= 11 is 0. The minimum Gasteiger partial charge on any atom is -0.327 e. The molecule has 1 fully saturated rings. The summed E-state index contributed by atoms with van der Waals surface area (Å²) in [5.41, 5.74) is 7.21. The Hall–Kier alpha value is -0.560. The van der Waals surface area contributed by atoms with E-state index in [-0.39, 0.29) is 0 Å². The monoisotopic (exact) mass is 135 g/mol. The summed E-state index contributed by atoms with van der Waals surface area (Å²) < 4.78 is 0. The van der Waals surface area contributed by atoms with Crippen molar-refractivity contribution in [2.24, 2.45) is 11.7 Å². The first-order valence-electron chi connectivity index (χ1n) is 4.00. The van der Waals surface area contributed by atoms with Crippen LogP contribution in [0.5, 0.6) is 0 Å². The van der Waals surface area contributed by atoms with Crippen LogP contribution in [0.1, 0.15) is 19.3 Å². The van der Waals surface area contributed by atoms with Crippen molar-refractivity contribution >= 4 is 0 Å². The zero-order valence-corrected chi connectivity index (χ0v) is 6.09. The van der Waals surface area contributed by atoms with Crippen LogP contribution in [-0.4, -0.2) is 6.04 Å². The molecule has 0 aromatic carbocycles. The first-order chi connectivity index (χ1) is 4.88. The van der Waals surface area contributed by atoms with Crippen LogP contribution >= 0.6 is 0 Å². The van der Waals surface area contributed by atoms with E-state index >= 15 is 0 Å². The van der Waals surface area contributed by atoms with Gasteiger partial charge in [0.15, 0.2) is 0 Å². The Morgan fingerprint density at radius 2 is 2.20 bits per heavy atom. The van der Waals surface area contributed by atoms with Crippen LogP contribution in [-0.2, 0) is 0 Å². The molecule has 0 bridgehead atoms. The zero-order chi connectivity index (χ0) is 6.97. The Kier molecular flexibility index (Phi) is 1.38. The van der Waals surface area contributed by atoms with Gasteiger partial charge in [-0.1, -0.05) is 18.2 Å². The predicted octanol–water partition coefficient (Wildman–Crippen LogP) is 1.61. The van der Waals surface area contributed by atoms with Crippen molar-refractivity contribution in [1.29, 1.82) is 0 Å². The molecule has 0 amide bonds. The first-order valence-corrected chi connectivity index (χ1v) is 4.00. The van der Waals surface area contributed by atoms with Crippen LogP contribution in [0.15, 0.2) is 23.8 Å². The minimum atomic E-state index is 0.467. The Morgan fingerprint density at radius 1 is 1.40 bits per heavy atom. The van der Waals surface area contributed by atoms with Crippen molar-refractivity contribution in [3.8, 4) is 0 Å². The first kappa shape index (κ1) is 6.17. The van der Waals surface area contributed by atoms with E-state index in [1.807, 2.05) is 0 Å². The highest BCUT2D eigenvalue weighted by molar-refractivity contribution is 5.30. The summed E-state index contributed by atoms with van der Waals surface area (Å²) in [5.74, 6) is 0.705. The molecule has 1 saturated carbocycles. The molecule has 10 heavy (non-hydrogen) atoms. The van der Waals surface area contributed by atoms with E-state index < -0.39 is 0 Å². The number of hydrogen-bond acceptors (Lipinski definition) is 1. The van der Waals surface area contributed by atoms with Gasteiger partial charge in [0.1, 0.15) is 0 Å². The van der Waals surface area contributed by atoms with Crippen molar-refractivity contribution in [3.05, 3.63) is 23.8 Å². The maximum atomic E-state index is 5.72. The van der Waals surface area contributed by atoms with Gasteiger partial charge in [0.05, 0.1) is 0 Å². The van der Waals surface area contributed by atoms with Crippen LogP contribution < -0.4 is 5.73 Å². The topological polar surface area (TPSA) is 26.0 Å². The van der Waals surface area contributed by atoms with Crippen molar-refractivity contribution in [2.45, 2.75) is 25.3 Å². The van der Waals surface area contributed by atoms with E-state index in [9.17, 15) is 0 Å². The van der Waals surface area contributed by atoms with Crippen molar-refractivity contribution in [2.75, 3.05) is 0 Å². The highest BCUT2D eigenvalue weighted by atomic mass is 14.7. The van der Waals surface area contributed by atoms with E-state index in [1.54, 1.807) is 0 Å². The molecule has 2 rings (SSSR count). The zero-order valence-electron chi connectivity index (χ0n) is 6.09. The molecule has 1 heteroatoms. The lowest BCUT2D eigenvalue weighted by Crippen LogP contribution is -2.03. The van der Waals surface area contributed by atoms with E-state index in [0.717, 1.165) is 0 Å². The lowest BCUT2D eigenvalue weighted by molar-refractivity contribution is 0.902.